The van der Waals surface area contributed by atoms with E-state index in [1.54, 1.807) is 16.9 Å². The van der Waals surface area contributed by atoms with E-state index in [4.69, 9.17) is 5.26 Å². The van der Waals surface area contributed by atoms with Crippen LogP contribution in [0.1, 0.15) is 30.4 Å². The Morgan fingerprint density at radius 1 is 1.19 bits per heavy atom. The molecule has 4 rings (SSSR count). The lowest BCUT2D eigenvalue weighted by atomic mass is 9.94. The molecule has 2 atom stereocenters. The van der Waals surface area contributed by atoms with Crippen LogP contribution in [-0.2, 0) is 19.4 Å². The fourth-order valence-electron chi connectivity index (χ4n) is 4.41. The molecule has 1 aromatic heterocycles. The molecule has 0 aliphatic heterocycles. The molecule has 6 nitrogen and oxygen atoms in total. The molecule has 2 aliphatic carbocycles. The van der Waals surface area contributed by atoms with Crippen LogP contribution in [0.3, 0.4) is 0 Å². The van der Waals surface area contributed by atoms with Gasteiger partial charge in [-0.2, -0.15) is 10.4 Å². The monoisotopic (exact) mass is 349 g/mol. The van der Waals surface area contributed by atoms with E-state index >= 15 is 0 Å². The zero-order valence-corrected chi connectivity index (χ0v) is 14.7. The maximum atomic E-state index is 12.5. The lowest BCUT2D eigenvalue weighted by Gasteiger charge is -2.23. The number of nitrogens with one attached hydrogen (secondary N) is 2. The molecule has 0 radical (unpaired) electrons. The first kappa shape index (κ1) is 16.6. The summed E-state index contributed by atoms with van der Waals surface area (Å²) in [6.07, 6.45) is 6.61. The van der Waals surface area contributed by atoms with Gasteiger partial charge in [-0.15, -0.1) is 0 Å². The molecule has 2 aromatic rings. The Labute approximate surface area is 153 Å². The van der Waals surface area contributed by atoms with E-state index in [1.807, 2.05) is 0 Å². The van der Waals surface area contributed by atoms with Crippen molar-refractivity contribution in [2.75, 3.05) is 5.32 Å². The fraction of sp³-hybridized carbons (Fsp3) is 0.450. The molecule has 2 amide bonds. The SMILES string of the molecule is N#CCCn1ccc(NC(=O)NC2[C@H]3CC[C@H]2Cc2ccccc2C3)n1. The summed E-state index contributed by atoms with van der Waals surface area (Å²) in [4.78, 5) is 12.5. The number of carbonyl (C=O) groups excluding carboxylic acids is 1. The fourth-order valence-corrected chi connectivity index (χ4v) is 4.41. The molecular formula is C20H23N5O. The van der Waals surface area contributed by atoms with Crippen LogP contribution in [0.2, 0.25) is 0 Å². The van der Waals surface area contributed by atoms with E-state index in [-0.39, 0.29) is 12.1 Å². The summed E-state index contributed by atoms with van der Waals surface area (Å²) in [6, 6.07) is 12.5. The van der Waals surface area contributed by atoms with Crippen molar-refractivity contribution in [3.63, 3.8) is 0 Å². The standard InChI is InChI=1S/C20H23N5O/c21-9-3-10-25-11-8-18(24-25)22-20(26)23-19-16-6-7-17(19)13-15-5-2-1-4-14(15)12-16/h1-2,4-5,8,11,16-17,19H,3,6-7,10,12-13H2,(H2,22,23,24,26)/t16-,17-/m0/s1. The summed E-state index contributed by atoms with van der Waals surface area (Å²) in [7, 11) is 0. The van der Waals surface area contributed by atoms with Crippen molar-refractivity contribution in [1.82, 2.24) is 15.1 Å². The minimum absolute atomic E-state index is 0.191. The highest BCUT2D eigenvalue weighted by molar-refractivity contribution is 5.88. The van der Waals surface area contributed by atoms with Crippen molar-refractivity contribution in [1.29, 1.82) is 5.26 Å². The summed E-state index contributed by atoms with van der Waals surface area (Å²) in [5.41, 5.74) is 2.87. The highest BCUT2D eigenvalue weighted by Crippen LogP contribution is 2.40. The Hall–Kier alpha value is -2.81. The first-order valence-electron chi connectivity index (χ1n) is 9.27. The molecule has 0 saturated heterocycles. The van der Waals surface area contributed by atoms with Gasteiger partial charge < -0.3 is 5.32 Å². The molecule has 1 fully saturated rings. The molecule has 26 heavy (non-hydrogen) atoms. The van der Waals surface area contributed by atoms with Gasteiger partial charge in [0.2, 0.25) is 0 Å². The number of hydrogen-bond donors (Lipinski definition) is 2. The molecule has 2 bridgehead atoms. The number of amides is 2. The first-order valence-corrected chi connectivity index (χ1v) is 9.27. The molecule has 1 aromatic carbocycles. The summed E-state index contributed by atoms with van der Waals surface area (Å²) < 4.78 is 1.67. The van der Waals surface area contributed by atoms with Gasteiger partial charge in [-0.1, -0.05) is 24.3 Å². The largest absolute Gasteiger partial charge is 0.335 e. The van der Waals surface area contributed by atoms with Crippen LogP contribution >= 0.6 is 0 Å². The van der Waals surface area contributed by atoms with Gasteiger partial charge in [-0.05, 0) is 48.6 Å². The Morgan fingerprint density at radius 2 is 1.88 bits per heavy atom. The van der Waals surface area contributed by atoms with Crippen LogP contribution in [0.25, 0.3) is 0 Å². The lowest BCUT2D eigenvalue weighted by molar-refractivity contribution is 0.240. The van der Waals surface area contributed by atoms with Crippen LogP contribution in [0.5, 0.6) is 0 Å². The van der Waals surface area contributed by atoms with Gasteiger partial charge in [0.25, 0.3) is 0 Å². The number of hydrogen-bond acceptors (Lipinski definition) is 3. The molecular weight excluding hydrogens is 326 g/mol. The van der Waals surface area contributed by atoms with Crippen molar-refractivity contribution in [2.24, 2.45) is 11.8 Å². The Kier molecular flexibility index (Phi) is 4.61. The third-order valence-electron chi connectivity index (χ3n) is 5.64. The van der Waals surface area contributed by atoms with Crippen molar-refractivity contribution in [3.8, 4) is 6.07 Å². The molecule has 0 spiro atoms. The minimum atomic E-state index is -0.191. The van der Waals surface area contributed by atoms with Gasteiger partial charge in [0, 0.05) is 18.3 Å². The predicted molar refractivity (Wildman–Crippen MR) is 98.5 cm³/mol. The van der Waals surface area contributed by atoms with Crippen LogP contribution in [-0.4, -0.2) is 21.9 Å². The number of benzene rings is 1. The van der Waals surface area contributed by atoms with Crippen LogP contribution in [0.15, 0.2) is 36.5 Å². The quantitative estimate of drug-likeness (QED) is 0.890. The third kappa shape index (κ3) is 3.43. The zero-order chi connectivity index (χ0) is 17.9. The van der Waals surface area contributed by atoms with E-state index in [0.717, 1.165) is 12.8 Å². The van der Waals surface area contributed by atoms with E-state index < -0.39 is 0 Å². The number of urea groups is 1. The van der Waals surface area contributed by atoms with Crippen molar-refractivity contribution < 1.29 is 4.79 Å². The topological polar surface area (TPSA) is 82.7 Å². The second-order valence-corrected chi connectivity index (χ2v) is 7.27. The number of nitrogens with zero attached hydrogens (tertiary/aromatic N) is 3. The van der Waals surface area contributed by atoms with Crippen molar-refractivity contribution in [3.05, 3.63) is 47.7 Å². The maximum Gasteiger partial charge on any atom is 0.320 e. The van der Waals surface area contributed by atoms with Gasteiger partial charge in [0.1, 0.15) is 0 Å². The van der Waals surface area contributed by atoms with E-state index in [9.17, 15) is 4.79 Å². The molecule has 134 valence electrons. The van der Waals surface area contributed by atoms with Gasteiger partial charge in [-0.25, -0.2) is 4.79 Å². The molecule has 0 unspecified atom stereocenters. The van der Waals surface area contributed by atoms with Gasteiger partial charge in [-0.3, -0.25) is 10.00 Å². The second-order valence-electron chi connectivity index (χ2n) is 7.27. The number of anilines is 1. The normalized spacial score (nSPS) is 23.6. The van der Waals surface area contributed by atoms with Crippen LogP contribution in [0, 0.1) is 23.2 Å². The number of rotatable bonds is 4. The van der Waals surface area contributed by atoms with Crippen LogP contribution in [0.4, 0.5) is 10.6 Å². The minimum Gasteiger partial charge on any atom is -0.335 e. The Bertz CT molecular complexity index is 804. The molecule has 2 N–H and O–H groups in total. The van der Waals surface area contributed by atoms with E-state index in [2.05, 4.69) is 46.1 Å². The molecule has 1 heterocycles. The lowest BCUT2D eigenvalue weighted by Crippen LogP contribution is -2.44. The Morgan fingerprint density at radius 3 is 2.54 bits per heavy atom. The smallest absolute Gasteiger partial charge is 0.320 e. The van der Waals surface area contributed by atoms with Crippen molar-refractivity contribution >= 4 is 11.8 Å². The van der Waals surface area contributed by atoms with E-state index in [0.29, 0.717) is 30.6 Å². The summed E-state index contributed by atoms with van der Waals surface area (Å²) in [5, 5.41) is 19.0. The van der Waals surface area contributed by atoms with Gasteiger partial charge in [0.05, 0.1) is 19.0 Å². The maximum absolute atomic E-state index is 12.5. The van der Waals surface area contributed by atoms with E-state index in [1.165, 1.54) is 24.0 Å². The summed E-state index contributed by atoms with van der Waals surface area (Å²) in [5.74, 6) is 1.52. The highest BCUT2D eigenvalue weighted by Gasteiger charge is 2.39. The van der Waals surface area contributed by atoms with Gasteiger partial charge in [0.15, 0.2) is 5.82 Å². The number of aryl methyl sites for hydroxylation is 1. The average molecular weight is 349 g/mol. The number of carbonyl (C=O) groups is 1. The molecule has 2 aliphatic rings. The van der Waals surface area contributed by atoms with Crippen molar-refractivity contribution in [2.45, 2.75) is 44.7 Å². The predicted octanol–water partition coefficient (Wildman–Crippen LogP) is 3.11. The van der Waals surface area contributed by atoms with Crippen LogP contribution < -0.4 is 10.6 Å². The third-order valence-corrected chi connectivity index (χ3v) is 5.64. The number of nitriles is 1. The zero-order valence-electron chi connectivity index (χ0n) is 14.7. The molecule has 1 saturated carbocycles. The number of aromatic nitrogens is 2. The average Bonchev–Trinajstić information content (AvgIpc) is 3.17. The first-order chi connectivity index (χ1) is 12.7. The number of fused-ring (bicyclic) bond motifs is 3. The second kappa shape index (κ2) is 7.20. The summed E-state index contributed by atoms with van der Waals surface area (Å²) in [6.45, 7) is 0.533. The van der Waals surface area contributed by atoms with Gasteiger partial charge >= 0.3 is 6.03 Å². The summed E-state index contributed by atoms with van der Waals surface area (Å²) >= 11 is 0. The molecule has 6 heteroatoms. The Balaban J connectivity index is 1.39. The highest BCUT2D eigenvalue weighted by atomic mass is 16.2.